The summed E-state index contributed by atoms with van der Waals surface area (Å²) in [6.45, 7) is 6.42. The van der Waals surface area contributed by atoms with E-state index in [1.54, 1.807) is 37.5 Å². The van der Waals surface area contributed by atoms with Gasteiger partial charge >= 0.3 is 0 Å². The van der Waals surface area contributed by atoms with Gasteiger partial charge in [-0.25, -0.2) is 18.4 Å². The van der Waals surface area contributed by atoms with E-state index in [4.69, 9.17) is 23.7 Å². The van der Waals surface area contributed by atoms with Crippen molar-refractivity contribution in [3.63, 3.8) is 0 Å². The summed E-state index contributed by atoms with van der Waals surface area (Å²) >= 11 is 0. The van der Waals surface area contributed by atoms with Gasteiger partial charge in [0.05, 0.1) is 34.0 Å². The number of aromatic nitrogens is 5. The molecule has 206 valence electrons. The molecule has 1 aromatic carbocycles. The number of anilines is 1. The zero-order valence-corrected chi connectivity index (χ0v) is 22.8. The maximum atomic E-state index is 13.7. The van der Waals surface area contributed by atoms with Crippen LogP contribution in [-0.4, -0.2) is 79.0 Å². The van der Waals surface area contributed by atoms with E-state index in [0.29, 0.717) is 36.2 Å². The van der Waals surface area contributed by atoms with Crippen molar-refractivity contribution in [1.82, 2.24) is 24.7 Å². The Morgan fingerprint density at radius 2 is 1.82 bits per heavy atom. The van der Waals surface area contributed by atoms with Crippen LogP contribution in [0.5, 0.6) is 11.5 Å². The number of ether oxygens (including phenoxy) is 5. The van der Waals surface area contributed by atoms with E-state index in [2.05, 4.69) is 24.9 Å². The first kappa shape index (κ1) is 27.7. The van der Waals surface area contributed by atoms with Crippen LogP contribution in [0.2, 0.25) is 0 Å². The van der Waals surface area contributed by atoms with Gasteiger partial charge in [0.15, 0.2) is 11.6 Å². The van der Waals surface area contributed by atoms with Gasteiger partial charge in [-0.3, -0.25) is 9.29 Å². The van der Waals surface area contributed by atoms with E-state index in [-0.39, 0.29) is 25.0 Å². The van der Waals surface area contributed by atoms with Crippen LogP contribution in [0.1, 0.15) is 43.3 Å². The molecule has 0 saturated carbocycles. The highest BCUT2D eigenvalue weighted by atomic mass is 32.2. The van der Waals surface area contributed by atoms with Crippen molar-refractivity contribution in [3.8, 4) is 17.2 Å². The Labute approximate surface area is 221 Å². The molecule has 1 aliphatic heterocycles. The second-order valence-electron chi connectivity index (χ2n) is 8.51. The number of para-hydroxylation sites is 1. The standard InChI is InChI=1S/C24H32N6O7S/c1-6-36-21(22-25-12-15(2)13-26-22)16(3)38(31,32)29-24-28-27-23(19-14-35-10-11-37-19)30(24)20-17(33-4)8-7-9-18(20)34-5/h7-9,12-13,16,19,21H,6,10-11,14H2,1-5H3,(H,28,29)/t16?,19-,21?/m1/s1. The van der Waals surface area contributed by atoms with E-state index in [1.807, 2.05) is 6.92 Å². The van der Waals surface area contributed by atoms with Crippen LogP contribution in [0.15, 0.2) is 30.6 Å². The van der Waals surface area contributed by atoms with Crippen LogP contribution in [0.25, 0.3) is 5.69 Å². The lowest BCUT2D eigenvalue weighted by molar-refractivity contribution is -0.0941. The lowest BCUT2D eigenvalue weighted by Crippen LogP contribution is -2.34. The predicted octanol–water partition coefficient (Wildman–Crippen LogP) is 2.38. The summed E-state index contributed by atoms with van der Waals surface area (Å²) in [7, 11) is -1.11. The fraction of sp³-hybridized carbons (Fsp3) is 0.500. The minimum absolute atomic E-state index is 0.0797. The Kier molecular flexibility index (Phi) is 8.76. The summed E-state index contributed by atoms with van der Waals surface area (Å²) < 4.78 is 59.8. The molecule has 3 aromatic rings. The van der Waals surface area contributed by atoms with Gasteiger partial charge in [0.2, 0.25) is 16.0 Å². The van der Waals surface area contributed by atoms with Crippen LogP contribution in [-0.2, 0) is 24.2 Å². The lowest BCUT2D eigenvalue weighted by atomic mass is 10.2. The second kappa shape index (κ2) is 12.0. The highest BCUT2D eigenvalue weighted by Gasteiger charge is 2.36. The zero-order chi connectivity index (χ0) is 27.3. The SMILES string of the molecule is CCOC(c1ncc(C)cn1)C(C)S(=O)(=O)Nc1nnc([C@H]2COCCO2)n1-c1c(OC)cccc1OC. The average Bonchev–Trinajstić information content (AvgIpc) is 3.34. The van der Waals surface area contributed by atoms with Crippen molar-refractivity contribution >= 4 is 16.0 Å². The summed E-state index contributed by atoms with van der Waals surface area (Å²) in [6.07, 6.45) is 1.71. The summed E-state index contributed by atoms with van der Waals surface area (Å²) in [4.78, 5) is 8.58. The Morgan fingerprint density at radius 1 is 1.13 bits per heavy atom. The van der Waals surface area contributed by atoms with Crippen LogP contribution < -0.4 is 14.2 Å². The third-order valence-corrected chi connectivity index (χ3v) is 7.66. The molecule has 13 nitrogen and oxygen atoms in total. The molecule has 3 atom stereocenters. The van der Waals surface area contributed by atoms with E-state index < -0.39 is 27.5 Å². The summed E-state index contributed by atoms with van der Waals surface area (Å²) in [5.74, 6) is 1.33. The lowest BCUT2D eigenvalue weighted by Gasteiger charge is -2.25. The largest absolute Gasteiger partial charge is 0.494 e. The van der Waals surface area contributed by atoms with Gasteiger partial charge in [-0.2, -0.15) is 0 Å². The van der Waals surface area contributed by atoms with Crippen LogP contribution in [0.4, 0.5) is 5.95 Å². The number of benzene rings is 1. The number of sulfonamides is 1. The molecule has 1 saturated heterocycles. The molecule has 1 fully saturated rings. The molecule has 38 heavy (non-hydrogen) atoms. The molecular formula is C24H32N6O7S. The van der Waals surface area contributed by atoms with Crippen molar-refractivity contribution in [3.05, 3.63) is 47.8 Å². The van der Waals surface area contributed by atoms with Crippen LogP contribution in [0.3, 0.4) is 0 Å². The molecule has 2 unspecified atom stereocenters. The van der Waals surface area contributed by atoms with E-state index in [9.17, 15) is 8.42 Å². The normalized spacial score (nSPS) is 17.6. The Bertz CT molecular complexity index is 1300. The highest BCUT2D eigenvalue weighted by Crippen LogP contribution is 2.38. The minimum Gasteiger partial charge on any atom is -0.494 e. The maximum Gasteiger partial charge on any atom is 0.243 e. The quantitative estimate of drug-likeness (QED) is 0.376. The molecule has 0 spiro atoms. The third kappa shape index (κ3) is 5.72. The first-order valence-electron chi connectivity index (χ1n) is 12.1. The molecule has 0 amide bonds. The van der Waals surface area contributed by atoms with Crippen LogP contribution in [0, 0.1) is 6.92 Å². The number of hydrogen-bond donors (Lipinski definition) is 1. The summed E-state index contributed by atoms with van der Waals surface area (Å²) in [6, 6.07) is 5.20. The molecule has 4 rings (SSSR count). The molecule has 0 radical (unpaired) electrons. The Hall–Kier alpha value is -3.33. The van der Waals surface area contributed by atoms with Gasteiger partial charge in [-0.05, 0) is 38.5 Å². The monoisotopic (exact) mass is 548 g/mol. The molecule has 1 N–H and O–H groups in total. The van der Waals surface area contributed by atoms with Gasteiger partial charge in [0.1, 0.15) is 34.6 Å². The van der Waals surface area contributed by atoms with Gasteiger partial charge in [0.25, 0.3) is 0 Å². The number of nitrogens with one attached hydrogen (secondary N) is 1. The predicted molar refractivity (Wildman–Crippen MR) is 137 cm³/mol. The first-order chi connectivity index (χ1) is 18.3. The van der Waals surface area contributed by atoms with E-state index in [0.717, 1.165) is 5.56 Å². The van der Waals surface area contributed by atoms with Crippen molar-refractivity contribution in [2.45, 2.75) is 38.2 Å². The van der Waals surface area contributed by atoms with Crippen LogP contribution >= 0.6 is 0 Å². The smallest absolute Gasteiger partial charge is 0.243 e. The van der Waals surface area contributed by atoms with Crippen molar-refractivity contribution in [2.24, 2.45) is 0 Å². The average molecular weight is 549 g/mol. The van der Waals surface area contributed by atoms with Crippen molar-refractivity contribution < 1.29 is 32.1 Å². The first-order valence-corrected chi connectivity index (χ1v) is 13.6. The molecule has 0 bridgehead atoms. The molecule has 0 aliphatic carbocycles. The number of nitrogens with zero attached hydrogens (tertiary/aromatic N) is 5. The molecule has 3 heterocycles. The minimum atomic E-state index is -4.11. The van der Waals surface area contributed by atoms with E-state index in [1.165, 1.54) is 25.7 Å². The molecule has 1 aliphatic rings. The number of rotatable bonds is 11. The van der Waals surface area contributed by atoms with Gasteiger partial charge in [-0.1, -0.05) is 6.07 Å². The molecule has 14 heteroatoms. The second-order valence-corrected chi connectivity index (χ2v) is 10.5. The highest BCUT2D eigenvalue weighted by molar-refractivity contribution is 7.93. The van der Waals surface area contributed by atoms with Crippen molar-refractivity contribution in [1.29, 1.82) is 0 Å². The van der Waals surface area contributed by atoms with Gasteiger partial charge in [-0.15, -0.1) is 10.2 Å². The Morgan fingerprint density at radius 3 is 2.39 bits per heavy atom. The maximum absolute atomic E-state index is 13.7. The number of methoxy groups -OCH3 is 2. The van der Waals surface area contributed by atoms with Gasteiger partial charge < -0.3 is 23.7 Å². The zero-order valence-electron chi connectivity index (χ0n) is 21.9. The summed E-state index contributed by atoms with van der Waals surface area (Å²) in [5.41, 5.74) is 1.25. The molecule has 2 aromatic heterocycles. The summed E-state index contributed by atoms with van der Waals surface area (Å²) in [5, 5.41) is 7.36. The van der Waals surface area contributed by atoms with E-state index >= 15 is 0 Å². The fourth-order valence-electron chi connectivity index (χ4n) is 4.01. The van der Waals surface area contributed by atoms with Gasteiger partial charge in [0, 0.05) is 19.0 Å². The number of hydrogen-bond acceptors (Lipinski definition) is 11. The topological polar surface area (TPSA) is 149 Å². The Balaban J connectivity index is 1.78. The van der Waals surface area contributed by atoms with Crippen molar-refractivity contribution in [2.75, 3.05) is 45.4 Å². The number of aryl methyl sites for hydroxylation is 1. The fourth-order valence-corrected chi connectivity index (χ4v) is 5.11. The third-order valence-electron chi connectivity index (χ3n) is 5.97. The molecular weight excluding hydrogens is 516 g/mol.